The summed E-state index contributed by atoms with van der Waals surface area (Å²) in [6.45, 7) is 3.76. The molecule has 2 fully saturated rings. The van der Waals surface area contributed by atoms with Crippen molar-refractivity contribution in [1.82, 2.24) is 9.88 Å². The molecule has 1 aromatic rings. The fourth-order valence-corrected chi connectivity index (χ4v) is 3.02. The van der Waals surface area contributed by atoms with E-state index in [0.717, 1.165) is 44.8 Å². The highest BCUT2D eigenvalue weighted by Gasteiger charge is 2.45. The maximum atomic E-state index is 5.99. The molecule has 3 heterocycles. The highest BCUT2D eigenvalue weighted by atomic mass is 16.6. The largest absolute Gasteiger partial charge is 0.379 e. The van der Waals surface area contributed by atoms with E-state index in [0.29, 0.717) is 0 Å². The number of ether oxygens (including phenoxy) is 2. The molecule has 0 amide bonds. The molecule has 1 spiro atoms. The Bertz CT molecular complexity index is 398. The molecule has 0 saturated carbocycles. The first-order chi connectivity index (χ1) is 8.80. The molecule has 0 N–H and O–H groups in total. The number of hydrogen-bond donors (Lipinski definition) is 0. The summed E-state index contributed by atoms with van der Waals surface area (Å²) in [6.07, 6.45) is 4.27. The van der Waals surface area contributed by atoms with Crippen molar-refractivity contribution < 1.29 is 9.47 Å². The molecule has 0 aliphatic carbocycles. The Labute approximate surface area is 108 Å². The molecule has 0 bridgehead atoms. The van der Waals surface area contributed by atoms with Gasteiger partial charge < -0.3 is 9.47 Å². The van der Waals surface area contributed by atoms with Crippen molar-refractivity contribution in [2.75, 3.05) is 26.8 Å². The number of nitrogens with zero attached hydrogens (tertiary/aromatic N) is 2. The normalized spacial score (nSPS) is 32.4. The third-order valence-electron chi connectivity index (χ3n) is 4.02. The second kappa shape index (κ2) is 4.96. The van der Waals surface area contributed by atoms with Crippen molar-refractivity contribution in [3.8, 4) is 0 Å². The molecule has 0 unspecified atom stereocenters. The summed E-state index contributed by atoms with van der Waals surface area (Å²) in [5.41, 5.74) is 1.17. The van der Waals surface area contributed by atoms with Gasteiger partial charge in [-0.2, -0.15) is 0 Å². The van der Waals surface area contributed by atoms with Crippen molar-refractivity contribution in [1.29, 1.82) is 0 Å². The zero-order chi connectivity index (χ0) is 12.4. The molecule has 1 aromatic heterocycles. The van der Waals surface area contributed by atoms with Gasteiger partial charge in [-0.05, 0) is 18.6 Å². The van der Waals surface area contributed by atoms with Gasteiger partial charge in [0, 0.05) is 39.4 Å². The molecule has 18 heavy (non-hydrogen) atoms. The summed E-state index contributed by atoms with van der Waals surface area (Å²) in [6, 6.07) is 6.08. The van der Waals surface area contributed by atoms with Crippen LogP contribution < -0.4 is 0 Å². The van der Waals surface area contributed by atoms with Crippen LogP contribution in [0.15, 0.2) is 24.4 Å². The van der Waals surface area contributed by atoms with Crippen LogP contribution in [0.2, 0.25) is 0 Å². The average molecular weight is 248 g/mol. The van der Waals surface area contributed by atoms with E-state index in [9.17, 15) is 0 Å². The number of aromatic nitrogens is 1. The van der Waals surface area contributed by atoms with E-state index in [2.05, 4.69) is 16.0 Å². The Hall–Kier alpha value is -0.970. The molecule has 2 aliphatic rings. The third-order valence-corrected chi connectivity index (χ3v) is 4.02. The molecular formula is C14H20N2O2. The van der Waals surface area contributed by atoms with Crippen LogP contribution >= 0.6 is 0 Å². The van der Waals surface area contributed by atoms with Crippen LogP contribution in [0.25, 0.3) is 0 Å². The predicted molar refractivity (Wildman–Crippen MR) is 68.2 cm³/mol. The van der Waals surface area contributed by atoms with Crippen LogP contribution in [0.3, 0.4) is 0 Å². The zero-order valence-corrected chi connectivity index (χ0v) is 10.8. The van der Waals surface area contributed by atoms with Gasteiger partial charge in [0.05, 0.1) is 24.0 Å². The van der Waals surface area contributed by atoms with Crippen LogP contribution in [-0.2, 0) is 16.0 Å². The van der Waals surface area contributed by atoms with Crippen LogP contribution in [-0.4, -0.2) is 48.4 Å². The van der Waals surface area contributed by atoms with Crippen LogP contribution in [0.1, 0.15) is 18.5 Å². The zero-order valence-electron chi connectivity index (χ0n) is 10.8. The molecular weight excluding hydrogens is 228 g/mol. The summed E-state index contributed by atoms with van der Waals surface area (Å²) < 4.78 is 11.4. The molecule has 3 rings (SSSR count). The second-order valence-electron chi connectivity index (χ2n) is 5.34. The maximum Gasteiger partial charge on any atom is 0.0847 e. The number of likely N-dealkylation sites (tertiary alicyclic amines) is 1. The molecule has 4 heteroatoms. The molecule has 0 aromatic carbocycles. The van der Waals surface area contributed by atoms with E-state index >= 15 is 0 Å². The van der Waals surface area contributed by atoms with Gasteiger partial charge in [0.15, 0.2) is 0 Å². The van der Waals surface area contributed by atoms with E-state index in [-0.39, 0.29) is 11.7 Å². The smallest absolute Gasteiger partial charge is 0.0847 e. The SMILES string of the molecule is CO[C@H]1CO[C@]2(CCN(Cc3ccccn3)C2)C1. The lowest BCUT2D eigenvalue weighted by Gasteiger charge is -2.23. The first kappa shape index (κ1) is 12.1. The van der Waals surface area contributed by atoms with Gasteiger partial charge in [0.2, 0.25) is 0 Å². The summed E-state index contributed by atoms with van der Waals surface area (Å²) in [4.78, 5) is 6.81. The van der Waals surface area contributed by atoms with Gasteiger partial charge in [-0.25, -0.2) is 0 Å². The summed E-state index contributed by atoms with van der Waals surface area (Å²) >= 11 is 0. The average Bonchev–Trinajstić information content (AvgIpc) is 2.99. The Morgan fingerprint density at radius 1 is 1.56 bits per heavy atom. The summed E-state index contributed by atoms with van der Waals surface area (Å²) in [5, 5.41) is 0. The maximum absolute atomic E-state index is 5.99. The van der Waals surface area contributed by atoms with Crippen LogP contribution in [0.4, 0.5) is 0 Å². The van der Waals surface area contributed by atoms with Gasteiger partial charge in [0.1, 0.15) is 0 Å². The fraction of sp³-hybridized carbons (Fsp3) is 0.643. The van der Waals surface area contributed by atoms with E-state index in [4.69, 9.17) is 9.47 Å². The number of pyridine rings is 1. The Balaban J connectivity index is 1.59. The molecule has 2 atom stereocenters. The first-order valence-corrected chi connectivity index (χ1v) is 6.59. The molecule has 98 valence electrons. The lowest BCUT2D eigenvalue weighted by atomic mass is 9.98. The molecule has 2 aliphatic heterocycles. The highest BCUT2D eigenvalue weighted by molar-refractivity contribution is 5.05. The summed E-state index contributed by atoms with van der Waals surface area (Å²) in [5.74, 6) is 0. The minimum Gasteiger partial charge on any atom is -0.379 e. The van der Waals surface area contributed by atoms with Crippen molar-refractivity contribution in [3.63, 3.8) is 0 Å². The second-order valence-corrected chi connectivity index (χ2v) is 5.34. The first-order valence-electron chi connectivity index (χ1n) is 6.59. The highest BCUT2D eigenvalue weighted by Crippen LogP contribution is 2.36. The lowest BCUT2D eigenvalue weighted by Crippen LogP contribution is -2.33. The quantitative estimate of drug-likeness (QED) is 0.811. The van der Waals surface area contributed by atoms with Crippen molar-refractivity contribution in [3.05, 3.63) is 30.1 Å². The van der Waals surface area contributed by atoms with Crippen LogP contribution in [0.5, 0.6) is 0 Å². The van der Waals surface area contributed by atoms with Gasteiger partial charge >= 0.3 is 0 Å². The number of hydrogen-bond acceptors (Lipinski definition) is 4. The Morgan fingerprint density at radius 3 is 3.22 bits per heavy atom. The monoisotopic (exact) mass is 248 g/mol. The summed E-state index contributed by atoms with van der Waals surface area (Å²) in [7, 11) is 1.77. The molecule has 2 saturated heterocycles. The van der Waals surface area contributed by atoms with E-state index in [1.54, 1.807) is 7.11 Å². The van der Waals surface area contributed by atoms with Gasteiger partial charge in [-0.3, -0.25) is 9.88 Å². The van der Waals surface area contributed by atoms with Crippen molar-refractivity contribution >= 4 is 0 Å². The Kier molecular flexibility index (Phi) is 3.33. The van der Waals surface area contributed by atoms with Crippen LogP contribution in [0, 0.1) is 0 Å². The van der Waals surface area contributed by atoms with E-state index < -0.39 is 0 Å². The predicted octanol–water partition coefficient (Wildman–Crippen LogP) is 1.46. The standard InChI is InChI=1S/C14H20N2O2/c1-17-13-8-14(18-10-13)5-7-16(11-14)9-12-4-2-3-6-15-12/h2-4,6,13H,5,7-11H2,1H3/t13-,14-/m1/s1. The third kappa shape index (κ3) is 2.41. The lowest BCUT2D eigenvalue weighted by molar-refractivity contribution is 0.00627. The minimum atomic E-state index is 0.0372. The fourth-order valence-electron chi connectivity index (χ4n) is 3.02. The van der Waals surface area contributed by atoms with E-state index in [1.165, 1.54) is 0 Å². The topological polar surface area (TPSA) is 34.6 Å². The minimum absolute atomic E-state index is 0.0372. The van der Waals surface area contributed by atoms with E-state index in [1.807, 2.05) is 18.3 Å². The van der Waals surface area contributed by atoms with Gasteiger partial charge in [-0.1, -0.05) is 6.07 Å². The Morgan fingerprint density at radius 2 is 2.50 bits per heavy atom. The van der Waals surface area contributed by atoms with Gasteiger partial charge in [-0.15, -0.1) is 0 Å². The number of methoxy groups -OCH3 is 1. The van der Waals surface area contributed by atoms with Crippen molar-refractivity contribution in [2.24, 2.45) is 0 Å². The van der Waals surface area contributed by atoms with Gasteiger partial charge in [0.25, 0.3) is 0 Å². The number of rotatable bonds is 3. The molecule has 4 nitrogen and oxygen atoms in total. The molecule has 0 radical (unpaired) electrons. The van der Waals surface area contributed by atoms with Crippen molar-refractivity contribution in [2.45, 2.75) is 31.1 Å².